The Morgan fingerprint density at radius 2 is 2.18 bits per heavy atom. The van der Waals surface area contributed by atoms with Gasteiger partial charge >= 0.3 is 0 Å². The van der Waals surface area contributed by atoms with E-state index in [0.717, 1.165) is 10.6 Å². The van der Waals surface area contributed by atoms with E-state index in [1.165, 1.54) is 9.10 Å². The molecule has 1 aromatic heterocycles. The maximum atomic E-state index is 6.29. The summed E-state index contributed by atoms with van der Waals surface area (Å²) in [6.45, 7) is 2.10. The Kier molecular flexibility index (Phi) is 4.51. The second-order valence-corrected chi connectivity index (χ2v) is 6.46. The zero-order chi connectivity index (χ0) is 12.3. The van der Waals surface area contributed by atoms with Crippen molar-refractivity contribution in [1.82, 2.24) is 5.32 Å². The maximum Gasteiger partial charge on any atom is 0.0646 e. The SMILES string of the molecule is CNC(C)c1ccc(Sc2cccs2)cc1Cl. The summed E-state index contributed by atoms with van der Waals surface area (Å²) < 4.78 is 1.29. The molecule has 0 aliphatic rings. The molecule has 1 unspecified atom stereocenters. The van der Waals surface area contributed by atoms with Gasteiger partial charge in [-0.05, 0) is 43.1 Å². The Morgan fingerprint density at radius 3 is 2.76 bits per heavy atom. The molecule has 1 atom stereocenters. The van der Waals surface area contributed by atoms with Crippen LogP contribution in [0.1, 0.15) is 18.5 Å². The molecule has 1 heterocycles. The van der Waals surface area contributed by atoms with Crippen molar-refractivity contribution < 1.29 is 0 Å². The van der Waals surface area contributed by atoms with Crippen molar-refractivity contribution in [2.75, 3.05) is 7.05 Å². The second kappa shape index (κ2) is 5.91. The van der Waals surface area contributed by atoms with Gasteiger partial charge in [-0.1, -0.05) is 35.5 Å². The first-order chi connectivity index (χ1) is 8.20. The molecule has 90 valence electrons. The molecule has 2 rings (SSSR count). The van der Waals surface area contributed by atoms with Crippen molar-refractivity contribution in [2.45, 2.75) is 22.1 Å². The van der Waals surface area contributed by atoms with Crippen LogP contribution in [0.3, 0.4) is 0 Å². The maximum absolute atomic E-state index is 6.29. The Balaban J connectivity index is 2.19. The van der Waals surface area contributed by atoms with E-state index in [0.29, 0.717) is 0 Å². The molecule has 0 saturated carbocycles. The highest BCUT2D eigenvalue weighted by molar-refractivity contribution is 8.01. The lowest BCUT2D eigenvalue weighted by molar-refractivity contribution is 0.652. The predicted octanol–water partition coefficient (Wildman–Crippen LogP) is 4.83. The number of halogens is 1. The normalized spacial score (nSPS) is 12.6. The summed E-state index contributed by atoms with van der Waals surface area (Å²) in [6.07, 6.45) is 0. The molecule has 4 heteroatoms. The molecule has 1 aromatic carbocycles. The zero-order valence-corrected chi connectivity index (χ0v) is 12.1. The number of nitrogens with one attached hydrogen (secondary N) is 1. The monoisotopic (exact) mass is 283 g/mol. The van der Waals surface area contributed by atoms with E-state index in [-0.39, 0.29) is 6.04 Å². The molecule has 0 radical (unpaired) electrons. The quantitative estimate of drug-likeness (QED) is 0.862. The van der Waals surface area contributed by atoms with Crippen LogP contribution >= 0.6 is 34.7 Å². The van der Waals surface area contributed by atoms with Crippen LogP contribution in [0.15, 0.2) is 44.8 Å². The fourth-order valence-corrected chi connectivity index (χ4v) is 3.71. The van der Waals surface area contributed by atoms with Crippen molar-refractivity contribution in [2.24, 2.45) is 0 Å². The van der Waals surface area contributed by atoms with Gasteiger partial charge in [0.1, 0.15) is 0 Å². The minimum absolute atomic E-state index is 0.281. The first-order valence-electron chi connectivity index (χ1n) is 5.39. The van der Waals surface area contributed by atoms with E-state index >= 15 is 0 Å². The van der Waals surface area contributed by atoms with E-state index in [1.54, 1.807) is 23.1 Å². The summed E-state index contributed by atoms with van der Waals surface area (Å²) in [5.41, 5.74) is 1.14. The summed E-state index contributed by atoms with van der Waals surface area (Å²) in [5.74, 6) is 0. The number of hydrogen-bond acceptors (Lipinski definition) is 3. The van der Waals surface area contributed by atoms with Crippen molar-refractivity contribution in [3.05, 3.63) is 46.3 Å². The zero-order valence-electron chi connectivity index (χ0n) is 9.74. The van der Waals surface area contributed by atoms with Crippen LogP contribution in [0.2, 0.25) is 5.02 Å². The molecular weight excluding hydrogens is 270 g/mol. The number of thiophene rings is 1. The van der Waals surface area contributed by atoms with E-state index in [4.69, 9.17) is 11.6 Å². The largest absolute Gasteiger partial charge is 0.313 e. The van der Waals surface area contributed by atoms with Gasteiger partial charge in [-0.25, -0.2) is 0 Å². The lowest BCUT2D eigenvalue weighted by atomic mass is 10.1. The first-order valence-corrected chi connectivity index (χ1v) is 7.46. The van der Waals surface area contributed by atoms with Gasteiger partial charge in [0.15, 0.2) is 0 Å². The van der Waals surface area contributed by atoms with E-state index < -0.39 is 0 Å². The standard InChI is InChI=1S/C13H14ClNS2/c1-9(15-2)11-6-5-10(8-12(11)14)17-13-4-3-7-16-13/h3-9,15H,1-2H3. The Bertz CT molecular complexity index is 482. The van der Waals surface area contributed by atoms with Crippen molar-refractivity contribution in [1.29, 1.82) is 0 Å². The van der Waals surface area contributed by atoms with Gasteiger partial charge in [-0.15, -0.1) is 11.3 Å². The smallest absolute Gasteiger partial charge is 0.0646 e. The minimum atomic E-state index is 0.281. The highest BCUT2D eigenvalue weighted by Crippen LogP contribution is 2.34. The molecule has 17 heavy (non-hydrogen) atoms. The van der Waals surface area contributed by atoms with E-state index in [9.17, 15) is 0 Å². The molecule has 0 bridgehead atoms. The van der Waals surface area contributed by atoms with Crippen molar-refractivity contribution >= 4 is 34.7 Å². The van der Waals surface area contributed by atoms with Gasteiger partial charge in [0.2, 0.25) is 0 Å². The highest BCUT2D eigenvalue weighted by Gasteiger charge is 2.08. The summed E-state index contributed by atoms with van der Waals surface area (Å²) in [6, 6.07) is 10.7. The molecule has 1 N–H and O–H groups in total. The molecular formula is C13H14ClNS2. The topological polar surface area (TPSA) is 12.0 Å². The first kappa shape index (κ1) is 13.0. The van der Waals surface area contributed by atoms with Gasteiger partial charge in [0.25, 0.3) is 0 Å². The lowest BCUT2D eigenvalue weighted by Crippen LogP contribution is -2.12. The molecule has 0 aliphatic heterocycles. The molecule has 0 amide bonds. The molecule has 0 aliphatic carbocycles. The Morgan fingerprint density at radius 1 is 1.35 bits per heavy atom. The van der Waals surface area contributed by atoms with Gasteiger partial charge in [-0.3, -0.25) is 0 Å². The summed E-state index contributed by atoms with van der Waals surface area (Å²) in [7, 11) is 1.94. The second-order valence-electron chi connectivity index (χ2n) is 3.73. The minimum Gasteiger partial charge on any atom is -0.313 e. The van der Waals surface area contributed by atoms with Crippen LogP contribution in [0.25, 0.3) is 0 Å². The lowest BCUT2D eigenvalue weighted by Gasteiger charge is -2.13. The third kappa shape index (κ3) is 3.26. The van der Waals surface area contributed by atoms with Crippen LogP contribution in [0.5, 0.6) is 0 Å². The number of benzene rings is 1. The number of hydrogen-bond donors (Lipinski definition) is 1. The summed E-state index contributed by atoms with van der Waals surface area (Å²) in [5, 5.41) is 6.11. The average Bonchev–Trinajstić information content (AvgIpc) is 2.81. The molecule has 0 fully saturated rings. The van der Waals surface area contributed by atoms with Crippen LogP contribution < -0.4 is 5.32 Å². The van der Waals surface area contributed by atoms with Crippen LogP contribution in [-0.4, -0.2) is 7.05 Å². The van der Waals surface area contributed by atoms with Crippen molar-refractivity contribution in [3.63, 3.8) is 0 Å². The third-order valence-corrected chi connectivity index (χ3v) is 4.94. The average molecular weight is 284 g/mol. The molecule has 2 aromatic rings. The van der Waals surface area contributed by atoms with Crippen LogP contribution in [0.4, 0.5) is 0 Å². The van der Waals surface area contributed by atoms with Crippen LogP contribution in [0, 0.1) is 0 Å². The highest BCUT2D eigenvalue weighted by atomic mass is 35.5. The fourth-order valence-electron chi connectivity index (χ4n) is 1.52. The van der Waals surface area contributed by atoms with E-state index in [2.05, 4.69) is 41.9 Å². The van der Waals surface area contributed by atoms with Gasteiger partial charge in [0.05, 0.1) is 4.21 Å². The fraction of sp³-hybridized carbons (Fsp3) is 0.231. The molecule has 0 saturated heterocycles. The Labute approximate surface area is 115 Å². The number of rotatable bonds is 4. The van der Waals surface area contributed by atoms with Crippen LogP contribution in [-0.2, 0) is 0 Å². The van der Waals surface area contributed by atoms with Gasteiger partial charge in [0, 0.05) is 16.0 Å². The van der Waals surface area contributed by atoms with Gasteiger partial charge in [-0.2, -0.15) is 0 Å². The summed E-state index contributed by atoms with van der Waals surface area (Å²) >= 11 is 9.79. The molecule has 0 spiro atoms. The van der Waals surface area contributed by atoms with Gasteiger partial charge < -0.3 is 5.32 Å². The predicted molar refractivity (Wildman–Crippen MR) is 77.4 cm³/mol. The van der Waals surface area contributed by atoms with E-state index in [1.807, 2.05) is 13.1 Å². The summed E-state index contributed by atoms with van der Waals surface area (Å²) in [4.78, 5) is 1.18. The van der Waals surface area contributed by atoms with Crippen molar-refractivity contribution in [3.8, 4) is 0 Å². The Hall–Kier alpha value is -0.480. The third-order valence-electron chi connectivity index (χ3n) is 2.58. The molecule has 1 nitrogen and oxygen atoms in total.